The zero-order chi connectivity index (χ0) is 16.7. The van der Waals surface area contributed by atoms with Crippen molar-refractivity contribution in [3.05, 3.63) is 59.9 Å². The summed E-state index contributed by atoms with van der Waals surface area (Å²) in [5.74, 6) is 0.840. The number of benzene rings is 2. The van der Waals surface area contributed by atoms with Crippen molar-refractivity contribution in [2.24, 2.45) is 0 Å². The van der Waals surface area contributed by atoms with Crippen molar-refractivity contribution in [1.29, 1.82) is 0 Å². The molecule has 0 aliphatic heterocycles. The van der Waals surface area contributed by atoms with E-state index in [0.29, 0.717) is 18.1 Å². The molecule has 0 saturated carbocycles. The Morgan fingerprint density at radius 1 is 1.13 bits per heavy atom. The third-order valence-electron chi connectivity index (χ3n) is 3.24. The van der Waals surface area contributed by atoms with Gasteiger partial charge in [-0.05, 0) is 36.8 Å². The van der Waals surface area contributed by atoms with Gasteiger partial charge in [-0.15, -0.1) is 0 Å². The fourth-order valence-corrected chi connectivity index (χ4v) is 2.11. The molecule has 0 saturated heterocycles. The zero-order valence-electron chi connectivity index (χ0n) is 13.2. The van der Waals surface area contributed by atoms with E-state index < -0.39 is 0 Å². The van der Waals surface area contributed by atoms with Crippen LogP contribution in [0.2, 0.25) is 0 Å². The topological polar surface area (TPSA) is 47.6 Å². The van der Waals surface area contributed by atoms with Gasteiger partial charge >= 0.3 is 0 Å². The van der Waals surface area contributed by atoms with E-state index in [-0.39, 0.29) is 24.2 Å². The average Bonchev–Trinajstić information content (AvgIpc) is 2.55. The molecule has 0 heterocycles. The second kappa shape index (κ2) is 8.17. The number of carbonyl (C=O) groups is 1. The number of amides is 1. The predicted molar refractivity (Wildman–Crippen MR) is 86.2 cm³/mol. The van der Waals surface area contributed by atoms with E-state index in [1.54, 1.807) is 19.2 Å². The molecule has 2 aromatic rings. The van der Waals surface area contributed by atoms with Gasteiger partial charge in [0.05, 0.1) is 19.6 Å². The third-order valence-corrected chi connectivity index (χ3v) is 3.24. The molecule has 1 amide bonds. The molecule has 122 valence electrons. The molecule has 2 rings (SSSR count). The molecule has 0 bridgehead atoms. The van der Waals surface area contributed by atoms with Crippen LogP contribution in [-0.2, 0) is 11.2 Å². The summed E-state index contributed by atoms with van der Waals surface area (Å²) in [4.78, 5) is 12.0. The van der Waals surface area contributed by atoms with Crippen molar-refractivity contribution in [2.75, 3.05) is 13.7 Å². The van der Waals surface area contributed by atoms with Crippen LogP contribution in [0, 0.1) is 5.82 Å². The van der Waals surface area contributed by atoms with Crippen LogP contribution >= 0.6 is 0 Å². The molecule has 0 aromatic heterocycles. The monoisotopic (exact) mass is 317 g/mol. The van der Waals surface area contributed by atoms with Gasteiger partial charge < -0.3 is 14.8 Å². The summed E-state index contributed by atoms with van der Waals surface area (Å²) in [6, 6.07) is 13.1. The lowest BCUT2D eigenvalue weighted by atomic mass is 10.1. The average molecular weight is 317 g/mol. The van der Waals surface area contributed by atoms with Crippen molar-refractivity contribution < 1.29 is 18.7 Å². The van der Waals surface area contributed by atoms with Gasteiger partial charge in [0.25, 0.3) is 0 Å². The van der Waals surface area contributed by atoms with Crippen LogP contribution in [-0.4, -0.2) is 25.7 Å². The Hall–Kier alpha value is -2.56. The highest BCUT2D eigenvalue weighted by Gasteiger charge is 2.10. The largest absolute Gasteiger partial charge is 0.493 e. The number of rotatable bonds is 7. The van der Waals surface area contributed by atoms with Gasteiger partial charge in [0.15, 0.2) is 11.5 Å². The molecule has 1 N–H and O–H groups in total. The first-order chi connectivity index (χ1) is 11.1. The lowest BCUT2D eigenvalue weighted by molar-refractivity contribution is -0.121. The van der Waals surface area contributed by atoms with Crippen LogP contribution in [0.5, 0.6) is 11.5 Å². The molecule has 0 aliphatic carbocycles. The Morgan fingerprint density at radius 3 is 2.43 bits per heavy atom. The Morgan fingerprint density at radius 2 is 1.78 bits per heavy atom. The van der Waals surface area contributed by atoms with Gasteiger partial charge in [-0.3, -0.25) is 4.79 Å². The quantitative estimate of drug-likeness (QED) is 0.854. The Balaban J connectivity index is 1.81. The van der Waals surface area contributed by atoms with Crippen LogP contribution in [0.1, 0.15) is 12.5 Å². The minimum absolute atomic E-state index is 0.132. The highest BCUT2D eigenvalue weighted by Crippen LogP contribution is 2.25. The predicted octanol–water partition coefficient (Wildman–Crippen LogP) is 2.96. The maximum atomic E-state index is 12.8. The SMILES string of the molecule is COc1ccccc1OC[C@H](C)NC(=O)Cc1ccc(F)cc1. The molecule has 4 nitrogen and oxygen atoms in total. The number of hydrogen-bond acceptors (Lipinski definition) is 3. The maximum absolute atomic E-state index is 12.8. The molecule has 5 heteroatoms. The van der Waals surface area contributed by atoms with Gasteiger partial charge in [0.2, 0.25) is 5.91 Å². The van der Waals surface area contributed by atoms with Crippen molar-refractivity contribution in [3.8, 4) is 11.5 Å². The van der Waals surface area contributed by atoms with E-state index in [1.165, 1.54) is 12.1 Å². The fraction of sp³-hybridized carbons (Fsp3) is 0.278. The number of halogens is 1. The molecular weight excluding hydrogens is 297 g/mol. The Kier molecular flexibility index (Phi) is 5.97. The summed E-state index contributed by atoms with van der Waals surface area (Å²) in [6.45, 7) is 2.19. The van der Waals surface area contributed by atoms with Gasteiger partial charge in [-0.25, -0.2) is 4.39 Å². The van der Waals surface area contributed by atoms with Crippen molar-refractivity contribution >= 4 is 5.91 Å². The molecule has 0 fully saturated rings. The van der Waals surface area contributed by atoms with Crippen LogP contribution in [0.15, 0.2) is 48.5 Å². The van der Waals surface area contributed by atoms with Crippen molar-refractivity contribution in [3.63, 3.8) is 0 Å². The highest BCUT2D eigenvalue weighted by molar-refractivity contribution is 5.78. The summed E-state index contributed by atoms with van der Waals surface area (Å²) < 4.78 is 23.7. The van der Waals surface area contributed by atoms with Crippen molar-refractivity contribution in [2.45, 2.75) is 19.4 Å². The Labute approximate surface area is 135 Å². The van der Waals surface area contributed by atoms with E-state index >= 15 is 0 Å². The first kappa shape index (κ1) is 16.8. The first-order valence-electron chi connectivity index (χ1n) is 7.38. The summed E-state index contributed by atoms with van der Waals surface area (Å²) in [7, 11) is 1.58. The van der Waals surface area contributed by atoms with Gasteiger partial charge in [0.1, 0.15) is 12.4 Å². The van der Waals surface area contributed by atoms with Crippen LogP contribution in [0.4, 0.5) is 4.39 Å². The minimum atomic E-state index is -0.312. The molecule has 0 radical (unpaired) electrons. The number of carbonyl (C=O) groups excluding carboxylic acids is 1. The molecule has 0 spiro atoms. The summed E-state index contributed by atoms with van der Waals surface area (Å²) in [5.41, 5.74) is 0.766. The smallest absolute Gasteiger partial charge is 0.224 e. The van der Waals surface area contributed by atoms with E-state index in [9.17, 15) is 9.18 Å². The van der Waals surface area contributed by atoms with Gasteiger partial charge in [0, 0.05) is 0 Å². The number of ether oxygens (including phenoxy) is 2. The molecule has 1 atom stereocenters. The molecule has 0 unspecified atom stereocenters. The molecular formula is C18H20FNO3. The van der Waals surface area contributed by atoms with Crippen LogP contribution < -0.4 is 14.8 Å². The summed E-state index contributed by atoms with van der Waals surface area (Å²) in [6.07, 6.45) is 0.208. The van der Waals surface area contributed by atoms with Gasteiger partial charge in [-0.1, -0.05) is 24.3 Å². The fourth-order valence-electron chi connectivity index (χ4n) is 2.11. The number of nitrogens with one attached hydrogen (secondary N) is 1. The lowest BCUT2D eigenvalue weighted by Gasteiger charge is -2.16. The van der Waals surface area contributed by atoms with Crippen LogP contribution in [0.3, 0.4) is 0 Å². The number of para-hydroxylation sites is 2. The second-order valence-electron chi connectivity index (χ2n) is 5.23. The van der Waals surface area contributed by atoms with E-state index in [2.05, 4.69) is 5.32 Å². The number of methoxy groups -OCH3 is 1. The molecule has 2 aromatic carbocycles. The minimum Gasteiger partial charge on any atom is -0.493 e. The van der Waals surface area contributed by atoms with Gasteiger partial charge in [-0.2, -0.15) is 0 Å². The van der Waals surface area contributed by atoms with E-state index in [0.717, 1.165) is 5.56 Å². The normalized spacial score (nSPS) is 11.6. The molecule has 0 aliphatic rings. The summed E-state index contributed by atoms with van der Waals surface area (Å²) in [5, 5.41) is 2.85. The molecule has 23 heavy (non-hydrogen) atoms. The standard InChI is InChI=1S/C18H20FNO3/c1-13(12-23-17-6-4-3-5-16(17)22-2)20-18(21)11-14-7-9-15(19)10-8-14/h3-10,13H,11-12H2,1-2H3,(H,20,21)/t13-/m0/s1. The Bertz CT molecular complexity index is 643. The first-order valence-corrected chi connectivity index (χ1v) is 7.38. The second-order valence-corrected chi connectivity index (χ2v) is 5.23. The van der Waals surface area contributed by atoms with Crippen LogP contribution in [0.25, 0.3) is 0 Å². The van der Waals surface area contributed by atoms with E-state index in [4.69, 9.17) is 9.47 Å². The summed E-state index contributed by atoms with van der Waals surface area (Å²) >= 11 is 0. The third kappa shape index (κ3) is 5.29. The lowest BCUT2D eigenvalue weighted by Crippen LogP contribution is -2.37. The van der Waals surface area contributed by atoms with E-state index in [1.807, 2.05) is 31.2 Å². The zero-order valence-corrected chi connectivity index (χ0v) is 13.2. The number of hydrogen-bond donors (Lipinski definition) is 1. The maximum Gasteiger partial charge on any atom is 0.224 e. The van der Waals surface area contributed by atoms with Crippen molar-refractivity contribution in [1.82, 2.24) is 5.32 Å². The highest BCUT2D eigenvalue weighted by atomic mass is 19.1.